The molecule has 52 heavy (non-hydrogen) atoms. The fourth-order valence-corrected chi connectivity index (χ4v) is 6.02. The van der Waals surface area contributed by atoms with Gasteiger partial charge in [0.25, 0.3) is 0 Å². The zero-order valence-electron chi connectivity index (χ0n) is 30.8. The molecule has 2 fully saturated rings. The van der Waals surface area contributed by atoms with Gasteiger partial charge in [0.2, 0.25) is 5.91 Å². The molecule has 0 bridgehead atoms. The number of thioether (sulfide) groups is 1. The highest BCUT2D eigenvalue weighted by molar-refractivity contribution is 7.98. The van der Waals surface area contributed by atoms with Gasteiger partial charge in [-0.1, -0.05) is 41.0 Å². The third-order valence-electron chi connectivity index (χ3n) is 7.47. The molecule has 0 aliphatic carbocycles. The lowest BCUT2D eigenvalue weighted by Crippen LogP contribution is -2.36. The summed E-state index contributed by atoms with van der Waals surface area (Å²) in [5.74, 6) is -1.35. The molecule has 0 radical (unpaired) electrons. The lowest BCUT2D eigenvalue weighted by atomic mass is 9.97. The van der Waals surface area contributed by atoms with E-state index in [0.717, 1.165) is 12.1 Å². The molecule has 1 aromatic carbocycles. The second-order valence-electron chi connectivity index (χ2n) is 12.1. The number of piperidine rings is 1. The van der Waals surface area contributed by atoms with E-state index in [2.05, 4.69) is 38.0 Å². The first-order valence-electron chi connectivity index (χ1n) is 16.6. The summed E-state index contributed by atoms with van der Waals surface area (Å²) in [6.07, 6.45) is 2.83. The van der Waals surface area contributed by atoms with E-state index in [0.29, 0.717) is 46.1 Å². The van der Waals surface area contributed by atoms with Crippen LogP contribution in [0.5, 0.6) is 0 Å². The van der Waals surface area contributed by atoms with Gasteiger partial charge in [0.15, 0.2) is 10.9 Å². The molecule has 5 rings (SSSR count). The number of aryl methyl sites for hydroxylation is 2. The van der Waals surface area contributed by atoms with Crippen molar-refractivity contribution in [2.75, 3.05) is 59.0 Å². The summed E-state index contributed by atoms with van der Waals surface area (Å²) in [4.78, 5) is 46.0. The molecule has 290 valence electrons. The predicted molar refractivity (Wildman–Crippen MR) is 207 cm³/mol. The highest BCUT2D eigenvalue weighted by Crippen LogP contribution is 2.33. The Kier molecular flexibility index (Phi) is 23.0. The molecule has 2 aliphatic heterocycles. The van der Waals surface area contributed by atoms with Gasteiger partial charge in [0, 0.05) is 29.6 Å². The molecule has 1 N–H and O–H groups in total. The number of likely N-dealkylation sites (tertiary alicyclic amines) is 2. The third-order valence-corrected chi connectivity index (χ3v) is 9.69. The van der Waals surface area contributed by atoms with Crippen LogP contribution in [-0.2, 0) is 20.7 Å². The van der Waals surface area contributed by atoms with Crippen LogP contribution in [0, 0.1) is 12.8 Å². The zero-order chi connectivity index (χ0) is 39.3. The number of thiophene rings is 1. The van der Waals surface area contributed by atoms with E-state index in [-0.39, 0.29) is 24.5 Å². The Hall–Kier alpha value is -2.75. The maximum absolute atomic E-state index is 12.0. The van der Waals surface area contributed by atoms with Crippen molar-refractivity contribution in [2.45, 2.75) is 70.6 Å². The van der Waals surface area contributed by atoms with Gasteiger partial charge in [0.05, 0.1) is 23.1 Å². The molecule has 0 unspecified atom stereocenters. The Bertz CT molecular complexity index is 1500. The van der Waals surface area contributed by atoms with Crippen molar-refractivity contribution in [3.63, 3.8) is 0 Å². The molecule has 0 saturated carbocycles. The van der Waals surface area contributed by atoms with Gasteiger partial charge in [-0.05, 0) is 128 Å². The Morgan fingerprint density at radius 1 is 0.981 bits per heavy atom. The van der Waals surface area contributed by atoms with Gasteiger partial charge in [-0.3, -0.25) is 4.79 Å². The minimum Gasteiger partial charge on any atom is -0.464 e. The number of carbonyl (C=O) groups excluding carboxylic acids is 3. The van der Waals surface area contributed by atoms with E-state index in [1.165, 1.54) is 56.6 Å². The van der Waals surface area contributed by atoms with Crippen LogP contribution in [-0.4, -0.2) is 97.2 Å². The number of carbonyl (C=O) groups is 3. The highest BCUT2D eigenvalue weighted by Gasteiger charge is 2.40. The number of aromatic nitrogens is 2. The van der Waals surface area contributed by atoms with E-state index in [1.54, 1.807) is 42.5 Å². The molecule has 0 spiro atoms. The SMILES string of the molecule is CC(=O)CCc1cccs1.CC(=O)Nc1ccc(Cl)c(Cl)c1.CN1CCC(C(F)(F)F)CC1.CN1CCCC1.COC(=O)c1cc(C)nc(SC)n1. The number of halogens is 5. The van der Waals surface area contributed by atoms with Gasteiger partial charge in [-0.2, -0.15) is 13.2 Å². The van der Waals surface area contributed by atoms with Gasteiger partial charge >= 0.3 is 12.1 Å². The number of esters is 1. The van der Waals surface area contributed by atoms with Crippen LogP contribution >= 0.6 is 46.3 Å². The fraction of sp³-hybridized carbons (Fsp3) is 0.528. The maximum atomic E-state index is 12.0. The van der Waals surface area contributed by atoms with Crippen LogP contribution < -0.4 is 5.32 Å². The summed E-state index contributed by atoms with van der Waals surface area (Å²) in [5, 5.41) is 6.12. The number of alkyl halides is 3. The first kappa shape index (κ1) is 47.3. The van der Waals surface area contributed by atoms with Crippen molar-refractivity contribution in [1.29, 1.82) is 0 Å². The number of anilines is 1. The number of benzene rings is 1. The number of ether oxygens (including phenoxy) is 1. The number of rotatable bonds is 6. The number of Topliss-reactive ketones (excluding diaryl/α,β-unsaturated/α-hetero) is 1. The molecule has 1 amide bonds. The molecule has 3 aromatic rings. The van der Waals surface area contributed by atoms with Crippen molar-refractivity contribution in [2.24, 2.45) is 5.92 Å². The largest absolute Gasteiger partial charge is 0.464 e. The van der Waals surface area contributed by atoms with Crippen LogP contribution in [0.15, 0.2) is 46.9 Å². The lowest BCUT2D eigenvalue weighted by molar-refractivity contribution is -0.184. The predicted octanol–water partition coefficient (Wildman–Crippen LogP) is 9.12. The summed E-state index contributed by atoms with van der Waals surface area (Å²) in [7, 11) is 5.36. The number of hydrogen-bond donors (Lipinski definition) is 1. The summed E-state index contributed by atoms with van der Waals surface area (Å²) in [6, 6.07) is 10.6. The van der Waals surface area contributed by atoms with Crippen LogP contribution in [0.1, 0.15) is 67.0 Å². The van der Waals surface area contributed by atoms with Crippen LogP contribution in [0.2, 0.25) is 10.0 Å². The van der Waals surface area contributed by atoms with E-state index >= 15 is 0 Å². The minimum atomic E-state index is -3.97. The Morgan fingerprint density at radius 2 is 1.60 bits per heavy atom. The van der Waals surface area contributed by atoms with Crippen LogP contribution in [0.25, 0.3) is 0 Å². The third kappa shape index (κ3) is 21.1. The normalized spacial score (nSPS) is 14.5. The molecule has 4 heterocycles. The van der Waals surface area contributed by atoms with Gasteiger partial charge in [0.1, 0.15) is 5.78 Å². The average Bonchev–Trinajstić information content (AvgIpc) is 3.80. The monoisotopic (exact) mass is 807 g/mol. The molecular weight excluding hydrogens is 758 g/mol. The molecular formula is C36H50Cl2F3N5O4S2. The minimum absolute atomic E-state index is 0.131. The number of nitrogens with one attached hydrogen (secondary N) is 1. The van der Waals surface area contributed by atoms with E-state index in [4.69, 9.17) is 23.2 Å². The first-order valence-corrected chi connectivity index (χ1v) is 19.5. The van der Waals surface area contributed by atoms with Crippen molar-refractivity contribution in [3.8, 4) is 0 Å². The molecule has 16 heteroatoms. The summed E-state index contributed by atoms with van der Waals surface area (Å²) in [6.45, 7) is 8.66. The molecule has 2 aromatic heterocycles. The van der Waals surface area contributed by atoms with Gasteiger partial charge in [-0.25, -0.2) is 14.8 Å². The first-order chi connectivity index (χ1) is 24.4. The quantitative estimate of drug-likeness (QED) is 0.148. The number of nitrogens with zero attached hydrogens (tertiary/aromatic N) is 4. The Labute approximate surface area is 324 Å². The van der Waals surface area contributed by atoms with Crippen molar-refractivity contribution in [3.05, 3.63) is 68.1 Å². The van der Waals surface area contributed by atoms with Crippen molar-refractivity contribution < 1.29 is 32.3 Å². The summed E-state index contributed by atoms with van der Waals surface area (Å²) >= 11 is 14.5. The number of methoxy groups -OCH3 is 1. The summed E-state index contributed by atoms with van der Waals surface area (Å²) in [5.41, 5.74) is 1.72. The van der Waals surface area contributed by atoms with Crippen LogP contribution in [0.3, 0.4) is 0 Å². The molecule has 0 atom stereocenters. The smallest absolute Gasteiger partial charge is 0.391 e. The highest BCUT2D eigenvalue weighted by atomic mass is 35.5. The average molecular weight is 809 g/mol. The number of hydrogen-bond acceptors (Lipinski definition) is 10. The second kappa shape index (κ2) is 25.3. The van der Waals surface area contributed by atoms with Crippen molar-refractivity contribution >= 4 is 69.6 Å². The summed E-state index contributed by atoms with van der Waals surface area (Å²) < 4.78 is 40.7. The van der Waals surface area contributed by atoms with E-state index in [9.17, 15) is 27.6 Å². The molecule has 2 saturated heterocycles. The Balaban J connectivity index is 0.000000330. The van der Waals surface area contributed by atoms with Gasteiger partial charge in [-0.15, -0.1) is 11.3 Å². The zero-order valence-corrected chi connectivity index (χ0v) is 34.0. The molecule has 9 nitrogen and oxygen atoms in total. The Morgan fingerprint density at radius 3 is 2.04 bits per heavy atom. The topological polar surface area (TPSA) is 105 Å². The van der Waals surface area contributed by atoms with E-state index < -0.39 is 18.1 Å². The lowest BCUT2D eigenvalue weighted by Gasteiger charge is -2.30. The standard InChI is InChI=1S/C8H7Cl2NO.C8H10N2O2S.C8H10OS.C7H12F3N.C5H11N/c1-5(12)11-6-2-3-7(9)8(10)4-6;1-5-4-6(7(11)12-2)10-8(9-5)13-3;1-7(9)4-5-8-3-2-6-10-8;1-11-4-2-6(3-5-11)7(8,9)10;1-6-4-2-3-5-6/h2-4H,1H3,(H,11,12);4H,1-3H3;2-3,6H,4-5H2,1H3;6H,2-5H2,1H3;2-5H2,1H3. The number of ketones is 1. The van der Waals surface area contributed by atoms with E-state index in [1.807, 2.05) is 36.6 Å². The maximum Gasteiger partial charge on any atom is 0.391 e. The number of amides is 1. The fourth-order valence-electron chi connectivity index (χ4n) is 4.58. The molecule has 2 aliphatic rings. The van der Waals surface area contributed by atoms with Crippen molar-refractivity contribution in [1.82, 2.24) is 19.8 Å². The van der Waals surface area contributed by atoms with Crippen LogP contribution in [0.4, 0.5) is 18.9 Å². The second-order valence-corrected chi connectivity index (χ2v) is 14.7. The van der Waals surface area contributed by atoms with Gasteiger partial charge < -0.3 is 24.6 Å².